The Morgan fingerprint density at radius 1 is 1.04 bits per heavy atom. The maximum Gasteiger partial charge on any atom is 0.227 e. The van der Waals surface area contributed by atoms with E-state index in [0.717, 1.165) is 25.9 Å². The number of benzene rings is 1. The number of carbonyl (C=O) groups is 2. The number of hydrogen-bond donors (Lipinski definition) is 0. The van der Waals surface area contributed by atoms with Crippen molar-refractivity contribution in [2.24, 2.45) is 5.92 Å². The Morgan fingerprint density at radius 3 is 2.46 bits per heavy atom. The summed E-state index contributed by atoms with van der Waals surface area (Å²) in [4.78, 5) is 31.6. The Balaban J connectivity index is 1.33. The highest BCUT2D eigenvalue weighted by Gasteiger charge is 2.35. The largest absolute Gasteiger partial charge is 0.342 e. The summed E-state index contributed by atoms with van der Waals surface area (Å²) in [7, 11) is 0. The van der Waals surface area contributed by atoms with E-state index in [9.17, 15) is 14.0 Å². The van der Waals surface area contributed by atoms with Crippen molar-refractivity contribution in [2.75, 3.05) is 32.7 Å². The average Bonchev–Trinajstić information content (AvgIpc) is 3.26. The number of piperidine rings is 2. The Labute approximate surface area is 166 Å². The van der Waals surface area contributed by atoms with Crippen LogP contribution in [0.5, 0.6) is 0 Å². The molecule has 0 unspecified atom stereocenters. The molecule has 4 rings (SSSR count). The van der Waals surface area contributed by atoms with Crippen molar-refractivity contribution in [2.45, 2.75) is 51.1 Å². The van der Waals surface area contributed by atoms with Crippen LogP contribution in [0.15, 0.2) is 24.3 Å². The molecule has 3 aliphatic heterocycles. The van der Waals surface area contributed by atoms with Crippen LogP contribution in [0, 0.1) is 11.7 Å². The molecule has 1 aromatic carbocycles. The van der Waals surface area contributed by atoms with Gasteiger partial charge in [0.2, 0.25) is 11.8 Å². The quantitative estimate of drug-likeness (QED) is 0.798. The van der Waals surface area contributed by atoms with Gasteiger partial charge in [-0.15, -0.1) is 0 Å². The molecule has 3 heterocycles. The molecule has 0 bridgehead atoms. The zero-order chi connectivity index (χ0) is 19.5. The van der Waals surface area contributed by atoms with Gasteiger partial charge in [0.05, 0.1) is 5.92 Å². The smallest absolute Gasteiger partial charge is 0.227 e. The minimum atomic E-state index is -0.298. The summed E-state index contributed by atoms with van der Waals surface area (Å²) < 4.78 is 14.0. The predicted octanol–water partition coefficient (Wildman–Crippen LogP) is 2.65. The predicted molar refractivity (Wildman–Crippen MR) is 105 cm³/mol. The van der Waals surface area contributed by atoms with Gasteiger partial charge in [-0.1, -0.05) is 18.2 Å². The fourth-order valence-electron chi connectivity index (χ4n) is 4.92. The van der Waals surface area contributed by atoms with Gasteiger partial charge in [0.25, 0.3) is 0 Å². The van der Waals surface area contributed by atoms with Crippen molar-refractivity contribution in [1.82, 2.24) is 14.7 Å². The Bertz CT molecular complexity index is 711. The first-order chi connectivity index (χ1) is 13.6. The highest BCUT2D eigenvalue weighted by molar-refractivity contribution is 5.84. The van der Waals surface area contributed by atoms with Gasteiger partial charge in [-0.2, -0.15) is 0 Å². The Kier molecular flexibility index (Phi) is 5.95. The molecule has 0 radical (unpaired) electrons. The number of halogens is 1. The lowest BCUT2D eigenvalue weighted by Crippen LogP contribution is -2.51. The lowest BCUT2D eigenvalue weighted by Gasteiger charge is -2.39. The molecule has 5 nitrogen and oxygen atoms in total. The van der Waals surface area contributed by atoms with Crippen LogP contribution in [-0.2, 0) is 16.1 Å². The van der Waals surface area contributed by atoms with E-state index < -0.39 is 0 Å². The number of nitrogens with zero attached hydrogens (tertiary/aromatic N) is 3. The van der Waals surface area contributed by atoms with Crippen LogP contribution in [0.25, 0.3) is 0 Å². The summed E-state index contributed by atoms with van der Waals surface area (Å²) >= 11 is 0. The van der Waals surface area contributed by atoms with Crippen molar-refractivity contribution in [3.63, 3.8) is 0 Å². The van der Waals surface area contributed by atoms with Gasteiger partial charge in [-0.3, -0.25) is 9.59 Å². The fraction of sp³-hybridized carbons (Fsp3) is 0.636. The molecule has 3 aliphatic rings. The van der Waals surface area contributed by atoms with Crippen LogP contribution in [0.3, 0.4) is 0 Å². The number of amides is 2. The van der Waals surface area contributed by atoms with E-state index in [2.05, 4.69) is 4.90 Å². The third kappa shape index (κ3) is 4.22. The van der Waals surface area contributed by atoms with Crippen molar-refractivity contribution < 1.29 is 14.0 Å². The number of carbonyl (C=O) groups excluding carboxylic acids is 2. The molecule has 0 spiro atoms. The van der Waals surface area contributed by atoms with Crippen molar-refractivity contribution in [3.05, 3.63) is 35.6 Å². The van der Waals surface area contributed by atoms with E-state index in [1.54, 1.807) is 23.1 Å². The third-order valence-electron chi connectivity index (χ3n) is 6.60. The molecule has 6 heteroatoms. The van der Waals surface area contributed by atoms with E-state index in [1.165, 1.54) is 32.0 Å². The minimum absolute atomic E-state index is 0.0139. The van der Waals surface area contributed by atoms with Crippen molar-refractivity contribution in [3.8, 4) is 0 Å². The van der Waals surface area contributed by atoms with Gasteiger partial charge in [0.1, 0.15) is 5.82 Å². The molecule has 0 saturated carbocycles. The normalized spacial score (nSPS) is 24.8. The molecule has 28 heavy (non-hydrogen) atoms. The first-order valence-corrected chi connectivity index (χ1v) is 10.7. The SMILES string of the molecule is O=C1CC[C@H](C(=O)N2CCC(N3CCCC3)CC2)CN1Cc1ccccc1F. The second kappa shape index (κ2) is 8.60. The summed E-state index contributed by atoms with van der Waals surface area (Å²) in [6.45, 7) is 4.68. The van der Waals surface area contributed by atoms with Crippen LogP contribution < -0.4 is 0 Å². The summed E-state index contributed by atoms with van der Waals surface area (Å²) in [5.74, 6) is -0.272. The van der Waals surface area contributed by atoms with Crippen LogP contribution in [0.4, 0.5) is 4.39 Å². The fourth-order valence-corrected chi connectivity index (χ4v) is 4.92. The molecule has 1 aromatic rings. The topological polar surface area (TPSA) is 43.9 Å². The lowest BCUT2D eigenvalue weighted by atomic mass is 9.94. The van der Waals surface area contributed by atoms with E-state index in [0.29, 0.717) is 31.0 Å². The third-order valence-corrected chi connectivity index (χ3v) is 6.60. The van der Waals surface area contributed by atoms with Gasteiger partial charge in [0, 0.05) is 44.2 Å². The highest BCUT2D eigenvalue weighted by atomic mass is 19.1. The summed E-state index contributed by atoms with van der Waals surface area (Å²) in [5.41, 5.74) is 0.510. The summed E-state index contributed by atoms with van der Waals surface area (Å²) in [6, 6.07) is 7.17. The molecular weight excluding hydrogens is 357 g/mol. The Hall–Kier alpha value is -1.95. The molecule has 2 amide bonds. The van der Waals surface area contributed by atoms with Gasteiger partial charge in [-0.05, 0) is 51.3 Å². The zero-order valence-corrected chi connectivity index (χ0v) is 16.5. The van der Waals surface area contributed by atoms with Crippen LogP contribution in [0.2, 0.25) is 0 Å². The van der Waals surface area contributed by atoms with E-state index >= 15 is 0 Å². The number of rotatable bonds is 4. The van der Waals surface area contributed by atoms with E-state index in [4.69, 9.17) is 0 Å². The molecule has 1 atom stereocenters. The number of likely N-dealkylation sites (tertiary alicyclic amines) is 3. The van der Waals surface area contributed by atoms with Gasteiger partial charge in [0.15, 0.2) is 0 Å². The molecule has 152 valence electrons. The van der Waals surface area contributed by atoms with Gasteiger partial charge >= 0.3 is 0 Å². The minimum Gasteiger partial charge on any atom is -0.342 e. The second-order valence-corrected chi connectivity index (χ2v) is 8.40. The van der Waals surface area contributed by atoms with Crippen molar-refractivity contribution >= 4 is 11.8 Å². The van der Waals surface area contributed by atoms with E-state index in [1.807, 2.05) is 4.90 Å². The van der Waals surface area contributed by atoms with Crippen LogP contribution in [-0.4, -0.2) is 65.3 Å². The molecule has 0 aliphatic carbocycles. The highest BCUT2D eigenvalue weighted by Crippen LogP contribution is 2.26. The summed E-state index contributed by atoms with van der Waals surface area (Å²) in [6.07, 6.45) is 5.68. The van der Waals surface area contributed by atoms with Gasteiger partial charge < -0.3 is 14.7 Å². The molecule has 0 N–H and O–H groups in total. The average molecular weight is 387 g/mol. The first kappa shape index (κ1) is 19.4. The molecule has 3 saturated heterocycles. The lowest BCUT2D eigenvalue weighted by molar-refractivity contribution is -0.144. The Morgan fingerprint density at radius 2 is 1.75 bits per heavy atom. The summed E-state index contributed by atoms with van der Waals surface area (Å²) in [5, 5.41) is 0. The van der Waals surface area contributed by atoms with E-state index in [-0.39, 0.29) is 30.1 Å². The maximum absolute atomic E-state index is 14.0. The van der Waals surface area contributed by atoms with Crippen LogP contribution in [0.1, 0.15) is 44.1 Å². The first-order valence-electron chi connectivity index (χ1n) is 10.7. The molecular formula is C22H30FN3O2. The van der Waals surface area contributed by atoms with Gasteiger partial charge in [-0.25, -0.2) is 4.39 Å². The molecule has 0 aromatic heterocycles. The monoisotopic (exact) mass is 387 g/mol. The van der Waals surface area contributed by atoms with Crippen molar-refractivity contribution in [1.29, 1.82) is 0 Å². The molecule has 3 fully saturated rings. The zero-order valence-electron chi connectivity index (χ0n) is 16.5. The maximum atomic E-state index is 14.0. The van der Waals surface area contributed by atoms with Crippen LogP contribution >= 0.6 is 0 Å². The standard InChI is InChI=1S/C22H30FN3O2/c23-20-6-2-1-5-17(20)15-26-16-18(7-8-21(26)27)22(28)25-13-9-19(10-14-25)24-11-3-4-12-24/h1-2,5-6,18-19H,3-4,7-16H2/t18-/m0/s1. The second-order valence-electron chi connectivity index (χ2n) is 8.40. The number of hydrogen-bond acceptors (Lipinski definition) is 3.